The van der Waals surface area contributed by atoms with Gasteiger partial charge in [-0.25, -0.2) is 8.78 Å². The highest BCUT2D eigenvalue weighted by atomic mass is 19.1. The molecule has 4 saturated heterocycles. The zero-order chi connectivity index (χ0) is 18.7. The number of halogens is 2. The largest absolute Gasteiger partial charge is 0.337 e. The maximum atomic E-state index is 13.9. The number of hydrogen-bond acceptors (Lipinski definition) is 5. The van der Waals surface area contributed by atoms with Crippen molar-refractivity contribution in [1.29, 1.82) is 0 Å². The second-order valence-electron chi connectivity index (χ2n) is 8.40. The van der Waals surface area contributed by atoms with E-state index in [1.807, 2.05) is 13.8 Å². The highest BCUT2D eigenvalue weighted by Crippen LogP contribution is 2.47. The molecule has 7 heteroatoms. The molecule has 6 rings (SSSR count). The molecule has 0 unspecified atom stereocenters. The third kappa shape index (κ3) is 2.74. The molecule has 144 valence electrons. The van der Waals surface area contributed by atoms with E-state index in [1.54, 1.807) is 0 Å². The predicted molar refractivity (Wildman–Crippen MR) is 96.7 cm³/mol. The fourth-order valence-corrected chi connectivity index (χ4v) is 5.31. The minimum absolute atomic E-state index is 0.0318. The Labute approximate surface area is 157 Å². The van der Waals surface area contributed by atoms with Crippen LogP contribution in [0, 0.1) is 17.6 Å². The number of piperidine rings is 3. The minimum atomic E-state index is -0.516. The minimum Gasteiger partial charge on any atom is -0.337 e. The van der Waals surface area contributed by atoms with Gasteiger partial charge < -0.3 is 9.42 Å². The lowest BCUT2D eigenvalue weighted by Gasteiger charge is -2.51. The van der Waals surface area contributed by atoms with Crippen LogP contribution in [-0.4, -0.2) is 46.8 Å². The Morgan fingerprint density at radius 2 is 1.78 bits per heavy atom. The van der Waals surface area contributed by atoms with Crippen molar-refractivity contribution in [2.75, 3.05) is 24.5 Å². The fourth-order valence-electron chi connectivity index (χ4n) is 5.31. The molecule has 2 bridgehead atoms. The number of fused-ring (bicyclic) bond motifs is 2. The molecule has 4 fully saturated rings. The Hall–Kier alpha value is -2.02. The van der Waals surface area contributed by atoms with Gasteiger partial charge in [-0.3, -0.25) is 4.90 Å². The topological polar surface area (TPSA) is 45.4 Å². The van der Waals surface area contributed by atoms with Gasteiger partial charge in [0.1, 0.15) is 11.6 Å². The molecule has 4 aliphatic heterocycles. The van der Waals surface area contributed by atoms with Crippen molar-refractivity contribution in [3.05, 3.63) is 41.3 Å². The molecule has 5 nitrogen and oxygen atoms in total. The van der Waals surface area contributed by atoms with Crippen molar-refractivity contribution in [3.8, 4) is 0 Å². The van der Waals surface area contributed by atoms with E-state index in [1.165, 1.54) is 12.1 Å². The molecule has 0 aliphatic carbocycles. The van der Waals surface area contributed by atoms with Crippen LogP contribution in [-0.2, 0) is 0 Å². The SMILES string of the molecule is CC(C)c1nc(N2C[C@H](c3cc(F)cc(F)c3)[C@@H]3[C@H]2C2CCN3CC2)no1. The van der Waals surface area contributed by atoms with Crippen molar-refractivity contribution in [3.63, 3.8) is 0 Å². The van der Waals surface area contributed by atoms with E-state index in [0.717, 1.165) is 37.6 Å². The maximum absolute atomic E-state index is 13.9. The third-order valence-corrected chi connectivity index (χ3v) is 6.49. The van der Waals surface area contributed by atoms with Gasteiger partial charge in [0.15, 0.2) is 0 Å². The lowest BCUT2D eigenvalue weighted by Crippen LogP contribution is -2.60. The zero-order valence-corrected chi connectivity index (χ0v) is 15.6. The van der Waals surface area contributed by atoms with Crippen LogP contribution in [0.5, 0.6) is 0 Å². The molecule has 27 heavy (non-hydrogen) atoms. The molecule has 1 aromatic carbocycles. The first-order chi connectivity index (χ1) is 13.0. The zero-order valence-electron chi connectivity index (χ0n) is 15.6. The molecule has 1 aromatic heterocycles. The lowest BCUT2D eigenvalue weighted by molar-refractivity contribution is 0.0352. The van der Waals surface area contributed by atoms with Crippen LogP contribution in [0.15, 0.2) is 22.7 Å². The number of anilines is 1. The summed E-state index contributed by atoms with van der Waals surface area (Å²) in [6.07, 6.45) is 2.30. The molecule has 2 aromatic rings. The van der Waals surface area contributed by atoms with Gasteiger partial charge in [0.05, 0.1) is 6.04 Å². The summed E-state index contributed by atoms with van der Waals surface area (Å²) in [6.45, 7) is 6.81. The molecule has 0 radical (unpaired) electrons. The summed E-state index contributed by atoms with van der Waals surface area (Å²) in [6, 6.07) is 4.40. The number of benzene rings is 1. The van der Waals surface area contributed by atoms with Gasteiger partial charge in [-0.15, -0.1) is 0 Å². The van der Waals surface area contributed by atoms with Crippen molar-refractivity contribution in [2.24, 2.45) is 5.92 Å². The van der Waals surface area contributed by atoms with Crippen molar-refractivity contribution in [2.45, 2.75) is 50.6 Å². The van der Waals surface area contributed by atoms with Crippen LogP contribution in [0.25, 0.3) is 0 Å². The molecule has 0 amide bonds. The molecule has 0 spiro atoms. The summed E-state index contributed by atoms with van der Waals surface area (Å²) < 4.78 is 33.2. The van der Waals surface area contributed by atoms with Crippen LogP contribution in [0.4, 0.5) is 14.7 Å². The second kappa shape index (κ2) is 6.26. The normalized spacial score (nSPS) is 32.3. The van der Waals surface area contributed by atoms with Crippen molar-refractivity contribution < 1.29 is 13.3 Å². The first-order valence-electron chi connectivity index (χ1n) is 9.81. The van der Waals surface area contributed by atoms with E-state index in [-0.39, 0.29) is 23.9 Å². The van der Waals surface area contributed by atoms with E-state index in [2.05, 4.69) is 19.9 Å². The highest BCUT2D eigenvalue weighted by Gasteiger charge is 2.54. The van der Waals surface area contributed by atoms with E-state index >= 15 is 0 Å². The molecule has 4 aliphatic rings. The van der Waals surface area contributed by atoms with Crippen LogP contribution < -0.4 is 4.90 Å². The van der Waals surface area contributed by atoms with Gasteiger partial charge in [-0.05, 0) is 54.7 Å². The third-order valence-electron chi connectivity index (χ3n) is 6.49. The van der Waals surface area contributed by atoms with Gasteiger partial charge in [0.2, 0.25) is 5.89 Å². The first-order valence-corrected chi connectivity index (χ1v) is 9.81. The van der Waals surface area contributed by atoms with E-state index in [9.17, 15) is 8.78 Å². The standard InChI is InChI=1S/C20H24F2N4O/c1-11(2)19-23-20(24-27-19)26-10-16(13-7-14(21)9-15(22)8-13)18-17(26)12-3-5-25(18)6-4-12/h7-9,11-12,16-18H,3-6,10H2,1-2H3/t16-,17-,18-/m1/s1. The molecule has 5 heterocycles. The quantitative estimate of drug-likeness (QED) is 0.822. The molecule has 0 N–H and O–H groups in total. The fraction of sp³-hybridized carbons (Fsp3) is 0.600. The summed E-state index contributed by atoms with van der Waals surface area (Å²) in [5.74, 6) is 0.971. The van der Waals surface area contributed by atoms with Crippen LogP contribution in [0.2, 0.25) is 0 Å². The summed E-state index contributed by atoms with van der Waals surface area (Å²) in [5.41, 5.74) is 0.727. The molecule has 0 saturated carbocycles. The van der Waals surface area contributed by atoms with E-state index < -0.39 is 11.6 Å². The van der Waals surface area contributed by atoms with Crippen LogP contribution in [0.3, 0.4) is 0 Å². The van der Waals surface area contributed by atoms with E-state index in [0.29, 0.717) is 24.3 Å². The average Bonchev–Trinajstić information content (AvgIpc) is 3.28. The average molecular weight is 374 g/mol. The van der Waals surface area contributed by atoms with Gasteiger partial charge in [-0.2, -0.15) is 4.98 Å². The monoisotopic (exact) mass is 374 g/mol. The summed E-state index contributed by atoms with van der Waals surface area (Å²) in [7, 11) is 0. The smallest absolute Gasteiger partial charge is 0.266 e. The lowest BCUT2D eigenvalue weighted by atomic mass is 9.75. The molecule has 3 atom stereocenters. The van der Waals surface area contributed by atoms with Gasteiger partial charge in [0.25, 0.3) is 5.95 Å². The van der Waals surface area contributed by atoms with Gasteiger partial charge >= 0.3 is 0 Å². The number of nitrogens with zero attached hydrogens (tertiary/aromatic N) is 4. The molecular formula is C20H24F2N4O. The number of rotatable bonds is 3. The summed E-state index contributed by atoms with van der Waals surface area (Å²) >= 11 is 0. The Morgan fingerprint density at radius 1 is 1.07 bits per heavy atom. The Kier molecular flexibility index (Phi) is 3.96. The Morgan fingerprint density at radius 3 is 2.41 bits per heavy atom. The highest BCUT2D eigenvalue weighted by molar-refractivity contribution is 5.42. The number of hydrogen-bond donors (Lipinski definition) is 0. The second-order valence-corrected chi connectivity index (χ2v) is 8.40. The maximum Gasteiger partial charge on any atom is 0.266 e. The Balaban J connectivity index is 1.55. The van der Waals surface area contributed by atoms with Gasteiger partial charge in [-0.1, -0.05) is 13.8 Å². The van der Waals surface area contributed by atoms with Gasteiger partial charge in [0, 0.05) is 30.5 Å². The van der Waals surface area contributed by atoms with Crippen LogP contribution in [0.1, 0.15) is 50.0 Å². The summed E-state index contributed by atoms with van der Waals surface area (Å²) in [5, 5.41) is 4.23. The predicted octanol–water partition coefficient (Wildman–Crippen LogP) is 3.54. The van der Waals surface area contributed by atoms with E-state index in [4.69, 9.17) is 4.52 Å². The first kappa shape index (κ1) is 17.1. The van der Waals surface area contributed by atoms with Crippen molar-refractivity contribution in [1.82, 2.24) is 15.0 Å². The Bertz CT molecular complexity index is 826. The summed E-state index contributed by atoms with van der Waals surface area (Å²) in [4.78, 5) is 9.32. The van der Waals surface area contributed by atoms with Crippen molar-refractivity contribution >= 4 is 5.95 Å². The van der Waals surface area contributed by atoms with Crippen LogP contribution >= 0.6 is 0 Å². The number of aromatic nitrogens is 2. The molecular weight excluding hydrogens is 350 g/mol.